The van der Waals surface area contributed by atoms with Crippen molar-refractivity contribution in [1.82, 2.24) is 0 Å². The number of benzene rings is 1. The van der Waals surface area contributed by atoms with E-state index < -0.39 is 18.0 Å². The van der Waals surface area contributed by atoms with Crippen LogP contribution in [-0.4, -0.2) is 38.0 Å². The van der Waals surface area contributed by atoms with Crippen LogP contribution in [0.2, 0.25) is 0 Å². The molecule has 6 heteroatoms. The first-order valence-corrected chi connectivity index (χ1v) is 5.89. The predicted molar refractivity (Wildman–Crippen MR) is 69.3 cm³/mol. The summed E-state index contributed by atoms with van der Waals surface area (Å²) in [5.74, 6) is -1.53. The minimum atomic E-state index is -1.52. The number of ether oxygens (including phenoxy) is 3. The quantitative estimate of drug-likeness (QED) is 0.569. The molecule has 0 fully saturated rings. The lowest BCUT2D eigenvalue weighted by atomic mass is 10.1. The molecular formula is C14H16O6. The minimum Gasteiger partial charge on any atom is -0.466 e. The van der Waals surface area contributed by atoms with E-state index in [-0.39, 0.29) is 18.0 Å². The Morgan fingerprint density at radius 1 is 1.05 bits per heavy atom. The van der Waals surface area contributed by atoms with E-state index in [1.54, 1.807) is 24.3 Å². The number of esters is 2. The van der Waals surface area contributed by atoms with Crippen LogP contribution in [0.1, 0.15) is 12.5 Å². The third-order valence-corrected chi connectivity index (χ3v) is 2.49. The van der Waals surface area contributed by atoms with Gasteiger partial charge < -0.3 is 14.2 Å². The van der Waals surface area contributed by atoms with Gasteiger partial charge in [-0.1, -0.05) is 18.2 Å². The molecule has 0 heterocycles. The van der Waals surface area contributed by atoms with Gasteiger partial charge in [0.1, 0.15) is 11.5 Å². The smallest absolute Gasteiger partial charge is 0.359 e. The van der Waals surface area contributed by atoms with E-state index in [0.717, 1.165) is 14.2 Å². The van der Waals surface area contributed by atoms with E-state index in [1.165, 1.54) is 6.92 Å². The Kier molecular flexibility index (Phi) is 5.71. The number of carbonyl (C=O) groups excluding carboxylic acids is 3. The van der Waals surface area contributed by atoms with Gasteiger partial charge in [0, 0.05) is 12.0 Å². The number of Topliss-reactive ketones (excluding diaryl/α,β-unsaturated/α-hetero) is 1. The van der Waals surface area contributed by atoms with E-state index in [0.29, 0.717) is 5.56 Å². The molecule has 6 nitrogen and oxygen atoms in total. The van der Waals surface area contributed by atoms with Gasteiger partial charge >= 0.3 is 11.9 Å². The Labute approximate surface area is 116 Å². The second-order valence-corrected chi connectivity index (χ2v) is 4.03. The predicted octanol–water partition coefficient (Wildman–Crippen LogP) is 0.911. The largest absolute Gasteiger partial charge is 0.466 e. The van der Waals surface area contributed by atoms with Crippen molar-refractivity contribution in [2.75, 3.05) is 14.2 Å². The lowest BCUT2D eigenvalue weighted by molar-refractivity contribution is -0.163. The maximum atomic E-state index is 11.5. The third-order valence-electron chi connectivity index (χ3n) is 2.49. The fraction of sp³-hybridized carbons (Fsp3) is 0.357. The lowest BCUT2D eigenvalue weighted by Gasteiger charge is -2.16. The van der Waals surface area contributed by atoms with Gasteiger partial charge in [0.25, 0.3) is 6.10 Å². The first-order valence-electron chi connectivity index (χ1n) is 5.89. The molecule has 0 aliphatic rings. The SMILES string of the molecule is COC(=O)C(Oc1ccccc1CC(C)=O)C(=O)OC. The summed E-state index contributed by atoms with van der Waals surface area (Å²) in [7, 11) is 2.28. The molecule has 0 aromatic heterocycles. The summed E-state index contributed by atoms with van der Waals surface area (Å²) in [5, 5.41) is 0. The third kappa shape index (κ3) is 4.08. The molecule has 0 amide bonds. The number of hydrogen-bond donors (Lipinski definition) is 0. The van der Waals surface area contributed by atoms with Crippen molar-refractivity contribution in [2.24, 2.45) is 0 Å². The van der Waals surface area contributed by atoms with Gasteiger partial charge in [0.15, 0.2) is 0 Å². The van der Waals surface area contributed by atoms with Crippen molar-refractivity contribution in [1.29, 1.82) is 0 Å². The zero-order chi connectivity index (χ0) is 15.1. The zero-order valence-corrected chi connectivity index (χ0v) is 11.5. The van der Waals surface area contributed by atoms with Crippen molar-refractivity contribution >= 4 is 17.7 Å². The number of para-hydroxylation sites is 1. The van der Waals surface area contributed by atoms with E-state index in [9.17, 15) is 14.4 Å². The molecule has 0 aliphatic heterocycles. The molecule has 0 atom stereocenters. The zero-order valence-electron chi connectivity index (χ0n) is 11.5. The highest BCUT2D eigenvalue weighted by molar-refractivity contribution is 5.98. The van der Waals surface area contributed by atoms with Gasteiger partial charge in [-0.05, 0) is 13.0 Å². The van der Waals surface area contributed by atoms with Crippen LogP contribution in [0.3, 0.4) is 0 Å². The highest BCUT2D eigenvalue weighted by Gasteiger charge is 2.31. The fourth-order valence-electron chi connectivity index (χ4n) is 1.57. The maximum absolute atomic E-state index is 11.5. The maximum Gasteiger partial charge on any atom is 0.359 e. The normalized spacial score (nSPS) is 10.0. The van der Waals surface area contributed by atoms with Gasteiger partial charge in [-0.3, -0.25) is 4.79 Å². The molecule has 20 heavy (non-hydrogen) atoms. The monoisotopic (exact) mass is 280 g/mol. The molecule has 0 unspecified atom stereocenters. The summed E-state index contributed by atoms with van der Waals surface area (Å²) in [5.41, 5.74) is 0.581. The summed E-state index contributed by atoms with van der Waals surface area (Å²) in [6.07, 6.45) is -1.37. The van der Waals surface area contributed by atoms with Gasteiger partial charge in [0.05, 0.1) is 14.2 Å². The highest BCUT2D eigenvalue weighted by Crippen LogP contribution is 2.21. The summed E-state index contributed by atoms with van der Waals surface area (Å²) >= 11 is 0. The number of rotatable bonds is 6. The van der Waals surface area contributed by atoms with Crippen LogP contribution in [0.15, 0.2) is 24.3 Å². The molecule has 0 saturated carbocycles. The van der Waals surface area contributed by atoms with Crippen LogP contribution in [-0.2, 0) is 30.3 Å². The number of hydrogen-bond acceptors (Lipinski definition) is 6. The highest BCUT2D eigenvalue weighted by atomic mass is 16.6. The lowest BCUT2D eigenvalue weighted by Crippen LogP contribution is -2.37. The average Bonchev–Trinajstić information content (AvgIpc) is 2.44. The van der Waals surface area contributed by atoms with E-state index in [2.05, 4.69) is 9.47 Å². The molecule has 0 saturated heterocycles. The summed E-state index contributed by atoms with van der Waals surface area (Å²) in [6.45, 7) is 1.44. The minimum absolute atomic E-state index is 0.0614. The van der Waals surface area contributed by atoms with Crippen LogP contribution in [0.4, 0.5) is 0 Å². The van der Waals surface area contributed by atoms with Gasteiger partial charge in [-0.2, -0.15) is 0 Å². The van der Waals surface area contributed by atoms with Crippen LogP contribution in [0.5, 0.6) is 5.75 Å². The molecule has 0 N–H and O–H groups in total. The standard InChI is InChI=1S/C14H16O6/c1-9(15)8-10-6-4-5-7-11(10)20-12(13(16)18-2)14(17)19-3/h4-7,12H,8H2,1-3H3. The van der Waals surface area contributed by atoms with Crippen molar-refractivity contribution in [3.8, 4) is 5.75 Å². The number of carbonyl (C=O) groups is 3. The Bertz CT molecular complexity index is 492. The molecule has 108 valence electrons. The molecule has 0 radical (unpaired) electrons. The molecule has 1 aromatic carbocycles. The number of ketones is 1. The Hall–Kier alpha value is -2.37. The molecule has 0 aliphatic carbocycles. The van der Waals surface area contributed by atoms with E-state index >= 15 is 0 Å². The van der Waals surface area contributed by atoms with Crippen LogP contribution >= 0.6 is 0 Å². The first kappa shape index (κ1) is 15.7. The number of methoxy groups -OCH3 is 2. The van der Waals surface area contributed by atoms with Gasteiger partial charge in [0.2, 0.25) is 0 Å². The van der Waals surface area contributed by atoms with Crippen molar-refractivity contribution in [2.45, 2.75) is 19.4 Å². The van der Waals surface area contributed by atoms with E-state index in [1.807, 2.05) is 0 Å². The van der Waals surface area contributed by atoms with Gasteiger partial charge in [-0.25, -0.2) is 9.59 Å². The van der Waals surface area contributed by atoms with Crippen LogP contribution in [0.25, 0.3) is 0 Å². The molecular weight excluding hydrogens is 264 g/mol. The first-order chi connectivity index (χ1) is 9.49. The Balaban J connectivity index is 3.01. The van der Waals surface area contributed by atoms with Gasteiger partial charge in [-0.15, -0.1) is 0 Å². The summed E-state index contributed by atoms with van der Waals surface area (Å²) in [6, 6.07) is 6.65. The van der Waals surface area contributed by atoms with Crippen molar-refractivity contribution in [3.05, 3.63) is 29.8 Å². The van der Waals surface area contributed by atoms with Crippen molar-refractivity contribution < 1.29 is 28.6 Å². The Morgan fingerprint density at radius 3 is 2.10 bits per heavy atom. The molecule has 0 bridgehead atoms. The van der Waals surface area contributed by atoms with Crippen LogP contribution in [0, 0.1) is 0 Å². The van der Waals surface area contributed by atoms with Crippen molar-refractivity contribution in [3.63, 3.8) is 0 Å². The van der Waals surface area contributed by atoms with Crippen LogP contribution < -0.4 is 4.74 Å². The van der Waals surface area contributed by atoms with E-state index in [4.69, 9.17) is 4.74 Å². The average molecular weight is 280 g/mol. The second-order valence-electron chi connectivity index (χ2n) is 4.03. The fourth-order valence-corrected chi connectivity index (χ4v) is 1.57. The second kappa shape index (κ2) is 7.28. The summed E-state index contributed by atoms with van der Waals surface area (Å²) in [4.78, 5) is 34.3. The molecule has 1 aromatic rings. The molecule has 0 spiro atoms. The Morgan fingerprint density at radius 2 is 1.60 bits per heavy atom. The topological polar surface area (TPSA) is 78.9 Å². The molecule has 1 rings (SSSR count). The summed E-state index contributed by atoms with van der Waals surface area (Å²) < 4.78 is 14.3.